The highest BCUT2D eigenvalue weighted by Gasteiger charge is 2.26. The molecule has 1 spiro atoms. The summed E-state index contributed by atoms with van der Waals surface area (Å²) in [4.78, 5) is 0. The summed E-state index contributed by atoms with van der Waals surface area (Å²) in [5, 5.41) is 0. The first-order chi connectivity index (χ1) is 6.31. The first-order valence-electron chi connectivity index (χ1n) is 5.38. The topological polar surface area (TPSA) is 0 Å². The molecule has 0 saturated heterocycles. The first-order valence-corrected chi connectivity index (χ1v) is 5.38. The molecule has 0 amide bonds. The molecule has 0 atom stereocenters. The van der Waals surface area contributed by atoms with Crippen LogP contribution in [0, 0.1) is 5.41 Å². The maximum Gasteiger partial charge on any atom is 0.00676 e. The van der Waals surface area contributed by atoms with Gasteiger partial charge in [0.15, 0.2) is 0 Å². The molecule has 2 rings (SSSR count). The average Bonchev–Trinajstić information content (AvgIpc) is 2.37. The van der Waals surface area contributed by atoms with Gasteiger partial charge in [-0.3, -0.25) is 0 Å². The highest BCUT2D eigenvalue weighted by Crippen LogP contribution is 2.39. The Morgan fingerprint density at radius 3 is 2.00 bits per heavy atom. The molecule has 0 heteroatoms. The van der Waals surface area contributed by atoms with Crippen LogP contribution in [0.4, 0.5) is 0 Å². The third-order valence-corrected chi connectivity index (χ3v) is 3.29. The minimum absolute atomic E-state index is 0.400. The van der Waals surface area contributed by atoms with Crippen molar-refractivity contribution in [3.05, 3.63) is 36.5 Å². The molecule has 0 aliphatic heterocycles. The number of hydrogen-bond donors (Lipinski definition) is 0. The van der Waals surface area contributed by atoms with Gasteiger partial charge in [-0.25, -0.2) is 0 Å². The largest absolute Gasteiger partial charge is 0.0918 e. The van der Waals surface area contributed by atoms with Crippen LogP contribution >= 0.6 is 0 Å². The molecule has 0 aromatic rings. The minimum atomic E-state index is 0.400. The van der Waals surface area contributed by atoms with Crippen LogP contribution < -0.4 is 0 Å². The van der Waals surface area contributed by atoms with E-state index in [0.717, 1.165) is 5.57 Å². The van der Waals surface area contributed by atoms with Crippen LogP contribution in [-0.4, -0.2) is 0 Å². The quantitative estimate of drug-likeness (QED) is 0.520. The number of allylic oxidation sites excluding steroid dienone is 5. The summed E-state index contributed by atoms with van der Waals surface area (Å²) in [6.45, 7) is 3.94. The van der Waals surface area contributed by atoms with Crippen LogP contribution in [0.2, 0.25) is 0 Å². The van der Waals surface area contributed by atoms with Gasteiger partial charge in [0.1, 0.15) is 0 Å². The van der Waals surface area contributed by atoms with Crippen LogP contribution in [0.1, 0.15) is 38.5 Å². The van der Waals surface area contributed by atoms with Crippen molar-refractivity contribution in [1.29, 1.82) is 0 Å². The fourth-order valence-electron chi connectivity index (χ4n) is 2.38. The van der Waals surface area contributed by atoms with Crippen molar-refractivity contribution in [1.82, 2.24) is 0 Å². The molecule has 2 aliphatic rings. The van der Waals surface area contributed by atoms with Gasteiger partial charge in [-0.2, -0.15) is 0 Å². The summed E-state index contributed by atoms with van der Waals surface area (Å²) in [6.07, 6.45) is 17.4. The summed E-state index contributed by atoms with van der Waals surface area (Å²) in [5.41, 5.74) is 1.55. The minimum Gasteiger partial charge on any atom is -0.0918 e. The molecular weight excluding hydrogens is 156 g/mol. The predicted molar refractivity (Wildman–Crippen MR) is 57.6 cm³/mol. The van der Waals surface area contributed by atoms with E-state index in [-0.39, 0.29) is 0 Å². The lowest BCUT2D eigenvalue weighted by Crippen LogP contribution is -2.15. The van der Waals surface area contributed by atoms with Gasteiger partial charge in [-0.15, -0.1) is 0 Å². The van der Waals surface area contributed by atoms with Crippen molar-refractivity contribution in [2.75, 3.05) is 0 Å². The van der Waals surface area contributed by atoms with E-state index in [1.807, 2.05) is 0 Å². The summed E-state index contributed by atoms with van der Waals surface area (Å²) in [6, 6.07) is 0. The Morgan fingerprint density at radius 1 is 0.923 bits per heavy atom. The molecule has 70 valence electrons. The monoisotopic (exact) mass is 174 g/mol. The number of hydrogen-bond acceptors (Lipinski definition) is 0. The van der Waals surface area contributed by atoms with Crippen molar-refractivity contribution in [3.8, 4) is 0 Å². The Hall–Kier alpha value is -0.780. The summed E-state index contributed by atoms with van der Waals surface area (Å²) >= 11 is 0. The van der Waals surface area contributed by atoms with E-state index < -0.39 is 0 Å². The van der Waals surface area contributed by atoms with Gasteiger partial charge in [0.25, 0.3) is 0 Å². The Labute approximate surface area is 81.0 Å². The molecule has 13 heavy (non-hydrogen) atoms. The van der Waals surface area contributed by atoms with Crippen LogP contribution in [0.3, 0.4) is 0 Å². The standard InChI is InChI=1S/C13H18/c1-12-6-10-13(11-7-12)8-4-2-3-5-9-13/h6-7,10-11H,1-5,8-9H2. The molecule has 2 aliphatic carbocycles. The van der Waals surface area contributed by atoms with E-state index in [1.54, 1.807) is 0 Å². The summed E-state index contributed by atoms with van der Waals surface area (Å²) in [7, 11) is 0. The Kier molecular flexibility index (Phi) is 2.39. The smallest absolute Gasteiger partial charge is 0.00676 e. The second-order valence-electron chi connectivity index (χ2n) is 4.39. The van der Waals surface area contributed by atoms with E-state index in [2.05, 4.69) is 30.9 Å². The van der Waals surface area contributed by atoms with Crippen molar-refractivity contribution < 1.29 is 0 Å². The zero-order valence-corrected chi connectivity index (χ0v) is 8.26. The van der Waals surface area contributed by atoms with Crippen molar-refractivity contribution in [2.45, 2.75) is 38.5 Å². The maximum atomic E-state index is 3.94. The summed E-state index contributed by atoms with van der Waals surface area (Å²) in [5.74, 6) is 0. The second-order valence-corrected chi connectivity index (χ2v) is 4.39. The molecule has 1 saturated carbocycles. The third kappa shape index (κ3) is 1.93. The zero-order valence-electron chi connectivity index (χ0n) is 8.26. The van der Waals surface area contributed by atoms with E-state index in [1.165, 1.54) is 38.5 Å². The average molecular weight is 174 g/mol. The lowest BCUT2D eigenvalue weighted by Gasteiger charge is -2.27. The fraction of sp³-hybridized carbons (Fsp3) is 0.538. The molecule has 0 radical (unpaired) electrons. The van der Waals surface area contributed by atoms with E-state index in [4.69, 9.17) is 0 Å². The lowest BCUT2D eigenvalue weighted by molar-refractivity contribution is 0.421. The van der Waals surface area contributed by atoms with Gasteiger partial charge in [-0.05, 0) is 18.4 Å². The Balaban J connectivity index is 2.14. The normalized spacial score (nSPS) is 26.3. The molecule has 0 aromatic carbocycles. The van der Waals surface area contributed by atoms with Crippen molar-refractivity contribution >= 4 is 0 Å². The van der Waals surface area contributed by atoms with E-state index in [0.29, 0.717) is 5.41 Å². The lowest BCUT2D eigenvalue weighted by atomic mass is 9.77. The summed E-state index contributed by atoms with van der Waals surface area (Å²) < 4.78 is 0. The van der Waals surface area contributed by atoms with Crippen LogP contribution in [0.25, 0.3) is 0 Å². The molecule has 1 fully saturated rings. The van der Waals surface area contributed by atoms with Crippen molar-refractivity contribution in [2.24, 2.45) is 5.41 Å². The SMILES string of the molecule is C=C1C=CC2(C=C1)CCCCCC2. The molecule has 0 heterocycles. The zero-order chi connectivity index (χ0) is 9.15. The molecule has 0 bridgehead atoms. The molecule has 0 N–H and O–H groups in total. The third-order valence-electron chi connectivity index (χ3n) is 3.29. The molecule has 0 aromatic heterocycles. The second kappa shape index (κ2) is 3.53. The fourth-order valence-corrected chi connectivity index (χ4v) is 2.38. The highest BCUT2D eigenvalue weighted by atomic mass is 14.3. The van der Waals surface area contributed by atoms with E-state index in [9.17, 15) is 0 Å². The molecular formula is C13H18. The Bertz CT molecular complexity index is 229. The first kappa shape index (κ1) is 8.80. The van der Waals surface area contributed by atoms with Crippen LogP contribution in [0.15, 0.2) is 36.5 Å². The van der Waals surface area contributed by atoms with Crippen LogP contribution in [-0.2, 0) is 0 Å². The molecule has 0 nitrogen and oxygen atoms in total. The van der Waals surface area contributed by atoms with Crippen LogP contribution in [0.5, 0.6) is 0 Å². The van der Waals surface area contributed by atoms with E-state index >= 15 is 0 Å². The van der Waals surface area contributed by atoms with Gasteiger partial charge in [0.05, 0.1) is 0 Å². The van der Waals surface area contributed by atoms with Gasteiger partial charge in [-0.1, -0.05) is 56.6 Å². The number of rotatable bonds is 0. The van der Waals surface area contributed by atoms with Gasteiger partial charge >= 0.3 is 0 Å². The van der Waals surface area contributed by atoms with Gasteiger partial charge in [0.2, 0.25) is 0 Å². The predicted octanol–water partition coefficient (Wildman–Crippen LogP) is 4.01. The van der Waals surface area contributed by atoms with Crippen molar-refractivity contribution in [3.63, 3.8) is 0 Å². The van der Waals surface area contributed by atoms with Gasteiger partial charge in [0, 0.05) is 5.41 Å². The molecule has 0 unspecified atom stereocenters. The highest BCUT2D eigenvalue weighted by molar-refractivity contribution is 5.36. The Morgan fingerprint density at radius 2 is 1.46 bits per heavy atom. The van der Waals surface area contributed by atoms with Gasteiger partial charge < -0.3 is 0 Å². The maximum absolute atomic E-state index is 3.94.